The third-order valence-electron chi connectivity index (χ3n) is 4.98. The van der Waals surface area contributed by atoms with Gasteiger partial charge >= 0.3 is 0 Å². The molecule has 0 fully saturated rings. The fraction of sp³-hybridized carbons (Fsp3) is 0.318. The van der Waals surface area contributed by atoms with E-state index in [0.717, 1.165) is 17.2 Å². The topological polar surface area (TPSA) is 22.0 Å². The van der Waals surface area contributed by atoms with Gasteiger partial charge in [0.05, 0.1) is 8.80 Å². The van der Waals surface area contributed by atoms with E-state index in [-0.39, 0.29) is 5.56 Å². The summed E-state index contributed by atoms with van der Waals surface area (Å²) in [5, 5.41) is 3.34. The van der Waals surface area contributed by atoms with Crippen LogP contribution in [0.3, 0.4) is 0 Å². The summed E-state index contributed by atoms with van der Waals surface area (Å²) in [6.07, 6.45) is 5.48. The van der Waals surface area contributed by atoms with Crippen LogP contribution in [-0.4, -0.2) is 13.4 Å². The first-order valence-corrected chi connectivity index (χ1v) is 12.1. The van der Waals surface area contributed by atoms with Crippen molar-refractivity contribution in [3.8, 4) is 11.1 Å². The molecule has 3 rings (SSSR count). The number of nitrogens with zero attached hydrogens (tertiary/aromatic N) is 1. The summed E-state index contributed by atoms with van der Waals surface area (Å²) in [6.45, 7) is 6.96. The van der Waals surface area contributed by atoms with Crippen LogP contribution >= 0.6 is 0 Å². The van der Waals surface area contributed by atoms with Gasteiger partial charge in [0.2, 0.25) is 0 Å². The average molecular weight is 350 g/mol. The van der Waals surface area contributed by atoms with Crippen molar-refractivity contribution in [1.82, 2.24) is 4.57 Å². The van der Waals surface area contributed by atoms with Crippen molar-refractivity contribution in [2.45, 2.75) is 39.3 Å². The SMILES string of the molecule is CCCCc1ccc([SiH](C)C)cc1-c1cn(C)c(=O)c2ccccc12. The predicted octanol–water partition coefficient (Wildman–Crippen LogP) is 4.24. The molecule has 0 aliphatic heterocycles. The lowest BCUT2D eigenvalue weighted by molar-refractivity contribution is 0.796. The number of benzene rings is 2. The van der Waals surface area contributed by atoms with Gasteiger partial charge in [-0.05, 0) is 35.4 Å². The zero-order chi connectivity index (χ0) is 18.0. The van der Waals surface area contributed by atoms with Crippen LogP contribution < -0.4 is 10.7 Å². The Balaban J connectivity index is 2.31. The molecule has 0 spiro atoms. The zero-order valence-corrected chi connectivity index (χ0v) is 16.8. The van der Waals surface area contributed by atoms with E-state index in [2.05, 4.69) is 44.3 Å². The van der Waals surface area contributed by atoms with Gasteiger partial charge in [0.25, 0.3) is 5.56 Å². The summed E-state index contributed by atoms with van der Waals surface area (Å²) in [5.41, 5.74) is 3.95. The molecular weight excluding hydrogens is 322 g/mol. The standard InChI is InChI=1S/C22H27NOSi/c1-5-6-9-16-12-13-17(25(3)4)14-20(16)21-15-23(2)22(24)19-11-8-7-10-18(19)21/h7-8,10-15,25H,5-6,9H2,1-4H3. The molecule has 3 heteroatoms. The third kappa shape index (κ3) is 3.47. The second-order valence-corrected chi connectivity index (χ2v) is 10.2. The molecule has 0 unspecified atom stereocenters. The van der Waals surface area contributed by atoms with Gasteiger partial charge in [0, 0.05) is 24.2 Å². The molecule has 2 aromatic carbocycles. The highest BCUT2D eigenvalue weighted by atomic mass is 28.3. The van der Waals surface area contributed by atoms with Gasteiger partial charge in [-0.3, -0.25) is 4.79 Å². The molecule has 3 aromatic rings. The summed E-state index contributed by atoms with van der Waals surface area (Å²) in [5.74, 6) is 0. The van der Waals surface area contributed by atoms with Crippen molar-refractivity contribution in [2.75, 3.05) is 0 Å². The summed E-state index contributed by atoms with van der Waals surface area (Å²) < 4.78 is 1.72. The Bertz CT molecular complexity index is 956. The maximum absolute atomic E-state index is 12.5. The molecule has 0 radical (unpaired) electrons. The molecule has 0 amide bonds. The highest BCUT2D eigenvalue weighted by Crippen LogP contribution is 2.30. The molecule has 1 aromatic heterocycles. The molecule has 25 heavy (non-hydrogen) atoms. The Kier molecular flexibility index (Phi) is 5.23. The van der Waals surface area contributed by atoms with Gasteiger partial charge in [-0.25, -0.2) is 0 Å². The molecule has 0 aliphatic rings. The molecule has 0 aliphatic carbocycles. The van der Waals surface area contributed by atoms with Crippen molar-refractivity contribution < 1.29 is 0 Å². The highest BCUT2D eigenvalue weighted by Gasteiger charge is 2.14. The van der Waals surface area contributed by atoms with Crippen LogP contribution in [0.25, 0.3) is 21.9 Å². The monoisotopic (exact) mass is 349 g/mol. The van der Waals surface area contributed by atoms with Crippen molar-refractivity contribution in [3.63, 3.8) is 0 Å². The van der Waals surface area contributed by atoms with Crippen LogP contribution in [0, 0.1) is 0 Å². The average Bonchev–Trinajstić information content (AvgIpc) is 2.63. The number of unbranched alkanes of at least 4 members (excludes halogenated alkanes) is 1. The van der Waals surface area contributed by atoms with Crippen LogP contribution in [0.1, 0.15) is 25.3 Å². The molecule has 0 saturated carbocycles. The maximum atomic E-state index is 12.5. The Labute approximate surface area is 151 Å². The molecule has 0 atom stereocenters. The minimum Gasteiger partial charge on any atom is -0.317 e. The first kappa shape index (κ1) is 17.7. The number of aryl methyl sites for hydroxylation is 2. The molecule has 2 nitrogen and oxygen atoms in total. The van der Waals surface area contributed by atoms with E-state index in [1.165, 1.54) is 34.7 Å². The second-order valence-electron chi connectivity index (χ2n) is 7.18. The molecule has 0 bridgehead atoms. The number of fused-ring (bicyclic) bond motifs is 1. The van der Waals surface area contributed by atoms with E-state index in [9.17, 15) is 4.79 Å². The minimum absolute atomic E-state index is 0.0730. The predicted molar refractivity (Wildman–Crippen MR) is 112 cm³/mol. The Hall–Kier alpha value is -2.13. The lowest BCUT2D eigenvalue weighted by atomic mass is 9.94. The van der Waals surface area contributed by atoms with Crippen LogP contribution in [-0.2, 0) is 13.5 Å². The minimum atomic E-state index is -0.881. The van der Waals surface area contributed by atoms with Crippen molar-refractivity contribution in [3.05, 3.63) is 64.6 Å². The smallest absolute Gasteiger partial charge is 0.258 e. The fourth-order valence-electron chi connectivity index (χ4n) is 3.42. The molecule has 1 heterocycles. The van der Waals surface area contributed by atoms with E-state index in [4.69, 9.17) is 0 Å². The van der Waals surface area contributed by atoms with Crippen LogP contribution in [0.4, 0.5) is 0 Å². The summed E-state index contributed by atoms with van der Waals surface area (Å²) in [7, 11) is 0.971. The van der Waals surface area contributed by atoms with Crippen molar-refractivity contribution in [1.29, 1.82) is 0 Å². The lowest BCUT2D eigenvalue weighted by Crippen LogP contribution is -2.23. The Morgan fingerprint density at radius 2 is 1.72 bits per heavy atom. The van der Waals surface area contributed by atoms with E-state index in [0.29, 0.717) is 0 Å². The number of hydrogen-bond donors (Lipinski definition) is 0. The molecule has 0 N–H and O–H groups in total. The quantitative estimate of drug-likeness (QED) is 0.632. The zero-order valence-electron chi connectivity index (χ0n) is 15.7. The highest BCUT2D eigenvalue weighted by molar-refractivity contribution is 6.70. The Morgan fingerprint density at radius 1 is 1.00 bits per heavy atom. The summed E-state index contributed by atoms with van der Waals surface area (Å²) in [6, 6.07) is 15.0. The first-order valence-electron chi connectivity index (χ1n) is 9.24. The summed E-state index contributed by atoms with van der Waals surface area (Å²) >= 11 is 0. The largest absolute Gasteiger partial charge is 0.317 e. The van der Waals surface area contributed by atoms with E-state index in [1.54, 1.807) is 4.57 Å². The van der Waals surface area contributed by atoms with Gasteiger partial charge in [-0.2, -0.15) is 0 Å². The van der Waals surface area contributed by atoms with Gasteiger partial charge in [-0.1, -0.05) is 68.0 Å². The molecular formula is C22H27NOSi. The Morgan fingerprint density at radius 3 is 2.40 bits per heavy atom. The summed E-state index contributed by atoms with van der Waals surface area (Å²) in [4.78, 5) is 12.5. The van der Waals surface area contributed by atoms with Crippen LogP contribution in [0.2, 0.25) is 13.1 Å². The fourth-order valence-corrected chi connectivity index (χ4v) is 4.40. The lowest BCUT2D eigenvalue weighted by Gasteiger charge is -2.16. The van der Waals surface area contributed by atoms with Crippen LogP contribution in [0.15, 0.2) is 53.5 Å². The van der Waals surface area contributed by atoms with Crippen LogP contribution in [0.5, 0.6) is 0 Å². The number of pyridine rings is 1. The van der Waals surface area contributed by atoms with Gasteiger partial charge in [0.15, 0.2) is 0 Å². The van der Waals surface area contributed by atoms with Gasteiger partial charge in [0.1, 0.15) is 0 Å². The van der Waals surface area contributed by atoms with Crippen molar-refractivity contribution in [2.24, 2.45) is 7.05 Å². The van der Waals surface area contributed by atoms with Gasteiger partial charge in [-0.15, -0.1) is 0 Å². The first-order chi connectivity index (χ1) is 12.0. The maximum Gasteiger partial charge on any atom is 0.258 e. The third-order valence-corrected chi connectivity index (χ3v) is 6.67. The normalized spacial score (nSPS) is 11.4. The number of aromatic nitrogens is 1. The van der Waals surface area contributed by atoms with Crippen molar-refractivity contribution >= 4 is 24.8 Å². The van der Waals surface area contributed by atoms with Gasteiger partial charge < -0.3 is 4.57 Å². The number of hydrogen-bond acceptors (Lipinski definition) is 1. The van der Waals surface area contributed by atoms with E-state index >= 15 is 0 Å². The second kappa shape index (κ2) is 7.40. The molecule has 130 valence electrons. The van der Waals surface area contributed by atoms with E-state index in [1.807, 2.05) is 31.4 Å². The number of rotatable bonds is 5. The molecule has 0 saturated heterocycles. The van der Waals surface area contributed by atoms with E-state index < -0.39 is 8.80 Å².